The molecule has 184 valence electrons. The second kappa shape index (κ2) is 11.4. The van der Waals surface area contributed by atoms with E-state index in [2.05, 4.69) is 12.1 Å². The minimum absolute atomic E-state index is 0.121. The fourth-order valence-corrected chi connectivity index (χ4v) is 5.40. The molecule has 1 saturated carbocycles. The van der Waals surface area contributed by atoms with Gasteiger partial charge in [0.15, 0.2) is 11.4 Å². The number of benzene rings is 2. The van der Waals surface area contributed by atoms with E-state index in [9.17, 15) is 9.59 Å². The van der Waals surface area contributed by atoms with Gasteiger partial charge >= 0.3 is 5.97 Å². The van der Waals surface area contributed by atoms with Crippen molar-refractivity contribution >= 4 is 23.5 Å². The predicted octanol–water partition coefficient (Wildman–Crippen LogP) is 6.98. The van der Waals surface area contributed by atoms with Gasteiger partial charge in [0.05, 0.1) is 6.61 Å². The van der Waals surface area contributed by atoms with E-state index in [0.29, 0.717) is 18.3 Å². The first-order valence-electron chi connectivity index (χ1n) is 12.3. The monoisotopic (exact) mass is 482 g/mol. The van der Waals surface area contributed by atoms with Crippen LogP contribution in [0.1, 0.15) is 73.5 Å². The number of Topliss-reactive ketones (excluding diaryl/α,β-unsaturated/α-hetero) is 1. The summed E-state index contributed by atoms with van der Waals surface area (Å²) in [6.45, 7) is 9.65. The molecule has 34 heavy (non-hydrogen) atoms. The summed E-state index contributed by atoms with van der Waals surface area (Å²) < 4.78 is 11.3. The molecule has 4 nitrogen and oxygen atoms in total. The van der Waals surface area contributed by atoms with Crippen LogP contribution < -0.4 is 4.74 Å². The Balaban J connectivity index is 1.66. The fraction of sp³-hybridized carbons (Fsp3) is 0.517. The summed E-state index contributed by atoms with van der Waals surface area (Å²) in [4.78, 5) is 26.6. The zero-order valence-electron chi connectivity index (χ0n) is 21.4. The van der Waals surface area contributed by atoms with Crippen molar-refractivity contribution in [2.75, 3.05) is 12.9 Å². The predicted molar refractivity (Wildman–Crippen MR) is 139 cm³/mol. The van der Waals surface area contributed by atoms with Crippen LogP contribution in [0.3, 0.4) is 0 Å². The molecule has 2 aromatic rings. The van der Waals surface area contributed by atoms with E-state index in [1.54, 1.807) is 32.5 Å². The van der Waals surface area contributed by atoms with Gasteiger partial charge in [-0.2, -0.15) is 0 Å². The van der Waals surface area contributed by atoms with Crippen molar-refractivity contribution in [3.63, 3.8) is 0 Å². The zero-order chi connectivity index (χ0) is 24.9. The van der Waals surface area contributed by atoms with Crippen LogP contribution in [0, 0.1) is 25.7 Å². The third-order valence-electron chi connectivity index (χ3n) is 6.82. The smallest absolute Gasteiger partial charge is 0.349 e. The van der Waals surface area contributed by atoms with Gasteiger partial charge in [-0.15, -0.1) is 11.8 Å². The van der Waals surface area contributed by atoms with Crippen molar-refractivity contribution in [3.8, 4) is 5.75 Å². The summed E-state index contributed by atoms with van der Waals surface area (Å²) in [5, 5.41) is 0. The van der Waals surface area contributed by atoms with E-state index >= 15 is 0 Å². The molecule has 0 aliphatic heterocycles. The molecule has 0 spiro atoms. The molecular formula is C29H38O4S. The highest BCUT2D eigenvalue weighted by atomic mass is 32.2. The van der Waals surface area contributed by atoms with Crippen LogP contribution in [0.5, 0.6) is 5.75 Å². The van der Waals surface area contributed by atoms with Crippen molar-refractivity contribution in [3.05, 3.63) is 58.7 Å². The maximum Gasteiger partial charge on any atom is 0.349 e. The first kappa shape index (κ1) is 26.3. The van der Waals surface area contributed by atoms with E-state index in [1.165, 1.54) is 10.5 Å². The van der Waals surface area contributed by atoms with Crippen molar-refractivity contribution in [1.82, 2.24) is 0 Å². The Bertz CT molecular complexity index is 986. The number of ketones is 1. The topological polar surface area (TPSA) is 52.6 Å². The maximum absolute atomic E-state index is 13.2. The number of hydrogen-bond acceptors (Lipinski definition) is 5. The molecule has 1 unspecified atom stereocenters. The molecule has 2 atom stereocenters. The molecular weight excluding hydrogens is 444 g/mol. The second-order valence-corrected chi connectivity index (χ2v) is 10.7. The molecule has 0 bridgehead atoms. The largest absolute Gasteiger partial charge is 0.476 e. The molecule has 0 heterocycles. The number of thioether (sulfide) groups is 1. The molecule has 0 N–H and O–H groups in total. The van der Waals surface area contributed by atoms with Crippen LogP contribution in [-0.2, 0) is 16.0 Å². The van der Waals surface area contributed by atoms with E-state index in [1.807, 2.05) is 44.4 Å². The van der Waals surface area contributed by atoms with Crippen molar-refractivity contribution in [2.45, 2.75) is 77.2 Å². The van der Waals surface area contributed by atoms with Crippen LogP contribution in [0.4, 0.5) is 0 Å². The molecule has 0 amide bonds. The Kier molecular flexibility index (Phi) is 8.86. The molecule has 2 aromatic carbocycles. The molecule has 1 aliphatic rings. The molecule has 3 rings (SSSR count). The highest BCUT2D eigenvalue weighted by Crippen LogP contribution is 2.38. The van der Waals surface area contributed by atoms with Gasteiger partial charge in [-0.25, -0.2) is 4.79 Å². The Labute approximate surface area is 208 Å². The number of esters is 1. The van der Waals surface area contributed by atoms with E-state index < -0.39 is 5.60 Å². The summed E-state index contributed by atoms with van der Waals surface area (Å²) in [5.74, 6) is 1.22. The van der Waals surface area contributed by atoms with E-state index in [4.69, 9.17) is 9.47 Å². The second-order valence-electron chi connectivity index (χ2n) is 9.82. The Morgan fingerprint density at radius 2 is 1.71 bits per heavy atom. The third-order valence-corrected chi connectivity index (χ3v) is 7.56. The fourth-order valence-electron chi connectivity index (χ4n) is 5.00. The van der Waals surface area contributed by atoms with E-state index in [0.717, 1.165) is 54.5 Å². The van der Waals surface area contributed by atoms with Crippen LogP contribution in [-0.4, -0.2) is 30.2 Å². The minimum atomic E-state index is -1.04. The van der Waals surface area contributed by atoms with Crippen LogP contribution >= 0.6 is 11.8 Å². The number of carbonyl (C=O) groups is 2. The van der Waals surface area contributed by atoms with Crippen LogP contribution in [0.15, 0.2) is 41.3 Å². The number of carbonyl (C=O) groups excluding carboxylic acids is 2. The molecule has 0 aromatic heterocycles. The SMILES string of the molecule is CCOC(=O)C(C)(C)Oc1c(C)cc(CC[C@H]2CCCC2C(=O)c2ccc(SC)cc2)cc1C. The summed E-state index contributed by atoms with van der Waals surface area (Å²) in [6, 6.07) is 12.3. The highest BCUT2D eigenvalue weighted by molar-refractivity contribution is 7.98. The number of rotatable bonds is 10. The standard InChI is InChI=1S/C29H38O4S/c1-7-32-28(31)29(4,5)33-27-19(2)17-21(18-20(27)3)11-12-22-9-8-10-25(22)26(30)23-13-15-24(34-6)16-14-23/h13-18,22,25H,7-12H2,1-6H3/t22-,25?/m1/s1. The van der Waals surface area contributed by atoms with Crippen LogP contribution in [0.2, 0.25) is 0 Å². The van der Waals surface area contributed by atoms with Gasteiger partial charge in [-0.1, -0.05) is 30.7 Å². The van der Waals surface area contributed by atoms with Gasteiger partial charge in [-0.3, -0.25) is 4.79 Å². The summed E-state index contributed by atoms with van der Waals surface area (Å²) >= 11 is 1.69. The first-order valence-corrected chi connectivity index (χ1v) is 13.5. The Morgan fingerprint density at radius 1 is 1.06 bits per heavy atom. The maximum atomic E-state index is 13.2. The molecule has 5 heteroatoms. The molecule has 0 saturated heterocycles. The highest BCUT2D eigenvalue weighted by Gasteiger charge is 2.34. The normalized spacial score (nSPS) is 18.1. The summed E-state index contributed by atoms with van der Waals surface area (Å²) in [7, 11) is 0. The first-order chi connectivity index (χ1) is 16.2. The van der Waals surface area contributed by atoms with Crippen molar-refractivity contribution < 1.29 is 19.1 Å². The Morgan fingerprint density at radius 3 is 2.29 bits per heavy atom. The zero-order valence-corrected chi connectivity index (χ0v) is 22.2. The molecule has 1 fully saturated rings. The average Bonchev–Trinajstić information content (AvgIpc) is 3.28. The lowest BCUT2D eigenvalue weighted by atomic mass is 9.84. The minimum Gasteiger partial charge on any atom is -0.476 e. The number of hydrogen-bond donors (Lipinski definition) is 0. The lowest BCUT2D eigenvalue weighted by Gasteiger charge is -2.26. The third kappa shape index (κ3) is 6.24. The lowest BCUT2D eigenvalue weighted by molar-refractivity contribution is -0.158. The van der Waals surface area contributed by atoms with Gasteiger partial charge in [0.1, 0.15) is 5.75 Å². The quantitative estimate of drug-likeness (QED) is 0.208. The Hall–Kier alpha value is -2.27. The summed E-state index contributed by atoms with van der Waals surface area (Å²) in [6.07, 6.45) is 7.22. The van der Waals surface area contributed by atoms with Gasteiger partial charge < -0.3 is 9.47 Å². The lowest BCUT2D eigenvalue weighted by Crippen LogP contribution is -2.40. The van der Waals surface area contributed by atoms with Gasteiger partial charge in [0.2, 0.25) is 0 Å². The molecule has 0 radical (unpaired) electrons. The molecule has 1 aliphatic carbocycles. The van der Waals surface area contributed by atoms with Crippen molar-refractivity contribution in [1.29, 1.82) is 0 Å². The van der Waals surface area contributed by atoms with Gasteiger partial charge in [0.25, 0.3) is 0 Å². The number of ether oxygens (including phenoxy) is 2. The summed E-state index contributed by atoms with van der Waals surface area (Å²) in [5.41, 5.74) is 3.07. The van der Waals surface area contributed by atoms with Gasteiger partial charge in [-0.05, 0) is 101 Å². The number of aryl methyl sites for hydroxylation is 3. The van der Waals surface area contributed by atoms with E-state index in [-0.39, 0.29) is 11.9 Å². The van der Waals surface area contributed by atoms with Crippen LogP contribution in [0.25, 0.3) is 0 Å². The van der Waals surface area contributed by atoms with Crippen molar-refractivity contribution in [2.24, 2.45) is 11.8 Å². The van der Waals surface area contributed by atoms with Gasteiger partial charge in [0, 0.05) is 16.4 Å². The average molecular weight is 483 g/mol.